The topological polar surface area (TPSA) is 53.6 Å². The molecule has 0 bridgehead atoms. The van der Waals surface area contributed by atoms with E-state index in [1.165, 1.54) is 12.1 Å². The van der Waals surface area contributed by atoms with Crippen molar-refractivity contribution in [2.45, 2.75) is 19.0 Å². The quantitative estimate of drug-likeness (QED) is 0.821. The Kier molecular flexibility index (Phi) is 6.30. The van der Waals surface area contributed by atoms with Crippen LogP contribution in [-0.4, -0.2) is 56.7 Å². The van der Waals surface area contributed by atoms with Crippen LogP contribution in [-0.2, 0) is 9.53 Å². The molecule has 0 aliphatic carbocycles. The van der Waals surface area contributed by atoms with Crippen LogP contribution in [0.3, 0.4) is 0 Å². The lowest BCUT2D eigenvalue weighted by atomic mass is 10.0. The molecule has 1 amide bonds. The third kappa shape index (κ3) is 4.50. The van der Waals surface area contributed by atoms with Crippen molar-refractivity contribution in [1.29, 1.82) is 0 Å². The Hall–Kier alpha value is -1.50. The number of rotatable bonds is 6. The summed E-state index contributed by atoms with van der Waals surface area (Å²) in [5, 5.41) is 6.02. The van der Waals surface area contributed by atoms with Gasteiger partial charge in [-0.15, -0.1) is 0 Å². The molecule has 1 aromatic carbocycles. The third-order valence-corrected chi connectivity index (χ3v) is 3.90. The van der Waals surface area contributed by atoms with E-state index in [9.17, 15) is 9.18 Å². The minimum atomic E-state index is -0.483. The maximum absolute atomic E-state index is 13.5. The minimum absolute atomic E-state index is 0.102. The van der Waals surface area contributed by atoms with Crippen LogP contribution < -0.4 is 10.6 Å². The zero-order valence-electron chi connectivity index (χ0n) is 13.1. The summed E-state index contributed by atoms with van der Waals surface area (Å²) in [6.45, 7) is 5.03. The van der Waals surface area contributed by atoms with Crippen molar-refractivity contribution >= 4 is 5.91 Å². The summed E-state index contributed by atoms with van der Waals surface area (Å²) in [5.41, 5.74) is 0.677. The maximum atomic E-state index is 13.5. The lowest BCUT2D eigenvalue weighted by Gasteiger charge is -2.34. The van der Waals surface area contributed by atoms with E-state index in [4.69, 9.17) is 4.74 Å². The van der Waals surface area contributed by atoms with Gasteiger partial charge in [-0.05, 0) is 31.7 Å². The van der Waals surface area contributed by atoms with E-state index in [-0.39, 0.29) is 17.8 Å². The zero-order valence-corrected chi connectivity index (χ0v) is 13.1. The number of ether oxygens (including phenoxy) is 1. The van der Waals surface area contributed by atoms with Gasteiger partial charge in [0.25, 0.3) is 0 Å². The first-order chi connectivity index (χ1) is 10.6. The maximum Gasteiger partial charge on any atom is 0.242 e. The smallest absolute Gasteiger partial charge is 0.242 e. The van der Waals surface area contributed by atoms with Crippen molar-refractivity contribution in [2.24, 2.45) is 0 Å². The van der Waals surface area contributed by atoms with E-state index in [2.05, 4.69) is 10.6 Å². The Bertz CT molecular complexity index is 492. The number of hydrogen-bond acceptors (Lipinski definition) is 4. The van der Waals surface area contributed by atoms with Crippen LogP contribution in [0.15, 0.2) is 24.3 Å². The van der Waals surface area contributed by atoms with Crippen LogP contribution in [0.4, 0.5) is 4.39 Å². The lowest BCUT2D eigenvalue weighted by molar-refractivity contribution is -0.128. The van der Waals surface area contributed by atoms with Crippen LogP contribution in [0.25, 0.3) is 0 Å². The van der Waals surface area contributed by atoms with Crippen molar-refractivity contribution in [3.63, 3.8) is 0 Å². The number of likely N-dealkylation sites (N-methyl/N-ethyl adjacent to an activating group) is 1. The first kappa shape index (κ1) is 16.9. The fourth-order valence-corrected chi connectivity index (χ4v) is 2.49. The number of halogens is 1. The summed E-state index contributed by atoms with van der Waals surface area (Å²) < 4.78 is 18.9. The summed E-state index contributed by atoms with van der Waals surface area (Å²) in [5.74, 6) is -0.429. The third-order valence-electron chi connectivity index (χ3n) is 3.90. The molecule has 22 heavy (non-hydrogen) atoms. The second kappa shape index (κ2) is 8.22. The van der Waals surface area contributed by atoms with Crippen LogP contribution in [0.1, 0.15) is 18.5 Å². The molecule has 0 radical (unpaired) electrons. The molecular weight excluding hydrogens is 285 g/mol. The van der Waals surface area contributed by atoms with Gasteiger partial charge in [0, 0.05) is 25.7 Å². The van der Waals surface area contributed by atoms with Crippen LogP contribution >= 0.6 is 0 Å². The monoisotopic (exact) mass is 309 g/mol. The van der Waals surface area contributed by atoms with Gasteiger partial charge < -0.3 is 15.4 Å². The zero-order chi connectivity index (χ0) is 15.9. The molecule has 0 saturated carbocycles. The molecule has 2 atom stereocenters. The normalized spacial score (nSPS) is 18.7. The number of hydrogen-bond donors (Lipinski definition) is 2. The average Bonchev–Trinajstić information content (AvgIpc) is 2.54. The highest BCUT2D eigenvalue weighted by Crippen LogP contribution is 2.23. The molecule has 2 unspecified atom stereocenters. The van der Waals surface area contributed by atoms with Crippen molar-refractivity contribution in [1.82, 2.24) is 15.5 Å². The first-order valence-corrected chi connectivity index (χ1v) is 7.64. The number of carbonyl (C=O) groups is 1. The molecule has 1 saturated heterocycles. The molecule has 2 rings (SSSR count). The number of morpholine rings is 1. The number of nitrogens with zero attached hydrogens (tertiary/aromatic N) is 1. The molecule has 6 heteroatoms. The predicted molar refractivity (Wildman–Crippen MR) is 83.1 cm³/mol. The Labute approximate surface area is 130 Å². The Morgan fingerprint density at radius 2 is 2.14 bits per heavy atom. The summed E-state index contributed by atoms with van der Waals surface area (Å²) in [4.78, 5) is 14.7. The summed E-state index contributed by atoms with van der Waals surface area (Å²) in [7, 11) is 1.85. The van der Waals surface area contributed by atoms with Crippen molar-refractivity contribution in [2.75, 3.05) is 39.9 Å². The van der Waals surface area contributed by atoms with E-state index in [1.54, 1.807) is 12.1 Å². The number of nitrogens with one attached hydrogen (secondary N) is 2. The molecule has 2 N–H and O–H groups in total. The van der Waals surface area contributed by atoms with E-state index in [1.807, 2.05) is 18.9 Å². The molecule has 122 valence electrons. The number of amides is 1. The van der Waals surface area contributed by atoms with Gasteiger partial charge in [0.1, 0.15) is 11.9 Å². The Balaban J connectivity index is 2.15. The molecule has 1 aliphatic rings. The van der Waals surface area contributed by atoms with Gasteiger partial charge in [0.2, 0.25) is 5.91 Å². The Morgan fingerprint density at radius 3 is 2.77 bits per heavy atom. The second-order valence-corrected chi connectivity index (χ2v) is 5.54. The molecular formula is C16H24FN3O2. The lowest BCUT2D eigenvalue weighted by Crippen LogP contribution is -2.47. The standard InChI is InChI=1S/C16H24FN3O2/c1-12(18-2)11-19-16(21)15(20-6-8-22-9-7-20)13-4-3-5-14(17)10-13/h3-5,10,12,15,18H,6-9,11H2,1-2H3,(H,19,21). The molecule has 0 aromatic heterocycles. The summed E-state index contributed by atoms with van der Waals surface area (Å²) in [6.07, 6.45) is 0. The van der Waals surface area contributed by atoms with Gasteiger partial charge in [-0.2, -0.15) is 0 Å². The second-order valence-electron chi connectivity index (χ2n) is 5.54. The highest BCUT2D eigenvalue weighted by molar-refractivity contribution is 5.83. The number of benzene rings is 1. The van der Waals surface area contributed by atoms with E-state index < -0.39 is 6.04 Å². The van der Waals surface area contributed by atoms with Crippen molar-refractivity contribution in [3.05, 3.63) is 35.6 Å². The SMILES string of the molecule is CNC(C)CNC(=O)C(c1cccc(F)c1)N1CCOCC1. The predicted octanol–water partition coefficient (Wildman–Crippen LogP) is 0.923. The van der Waals surface area contributed by atoms with Gasteiger partial charge in [0.05, 0.1) is 13.2 Å². The highest BCUT2D eigenvalue weighted by atomic mass is 19.1. The van der Waals surface area contributed by atoms with Crippen LogP contribution in [0, 0.1) is 5.82 Å². The fraction of sp³-hybridized carbons (Fsp3) is 0.562. The molecule has 0 spiro atoms. The summed E-state index contributed by atoms with van der Waals surface area (Å²) in [6, 6.07) is 5.96. The molecule has 1 aromatic rings. The first-order valence-electron chi connectivity index (χ1n) is 7.64. The average molecular weight is 309 g/mol. The number of carbonyl (C=O) groups excluding carboxylic acids is 1. The Morgan fingerprint density at radius 1 is 1.41 bits per heavy atom. The summed E-state index contributed by atoms with van der Waals surface area (Å²) >= 11 is 0. The van der Waals surface area contributed by atoms with Crippen molar-refractivity contribution < 1.29 is 13.9 Å². The van der Waals surface area contributed by atoms with Gasteiger partial charge in [0.15, 0.2) is 0 Å². The van der Waals surface area contributed by atoms with Gasteiger partial charge >= 0.3 is 0 Å². The molecule has 1 fully saturated rings. The van der Waals surface area contributed by atoms with Crippen molar-refractivity contribution in [3.8, 4) is 0 Å². The van der Waals surface area contributed by atoms with E-state index in [0.29, 0.717) is 38.4 Å². The largest absolute Gasteiger partial charge is 0.379 e. The molecule has 5 nitrogen and oxygen atoms in total. The molecule has 1 heterocycles. The van der Waals surface area contributed by atoms with Gasteiger partial charge in [-0.1, -0.05) is 12.1 Å². The van der Waals surface area contributed by atoms with Crippen LogP contribution in [0.5, 0.6) is 0 Å². The van der Waals surface area contributed by atoms with E-state index >= 15 is 0 Å². The van der Waals surface area contributed by atoms with E-state index in [0.717, 1.165) is 0 Å². The minimum Gasteiger partial charge on any atom is -0.379 e. The highest BCUT2D eigenvalue weighted by Gasteiger charge is 2.29. The van der Waals surface area contributed by atoms with Gasteiger partial charge in [-0.3, -0.25) is 9.69 Å². The fourth-order valence-electron chi connectivity index (χ4n) is 2.49. The van der Waals surface area contributed by atoms with Crippen LogP contribution in [0.2, 0.25) is 0 Å². The van der Waals surface area contributed by atoms with Gasteiger partial charge in [-0.25, -0.2) is 4.39 Å². The molecule has 1 aliphatic heterocycles.